The highest BCUT2D eigenvalue weighted by molar-refractivity contribution is 6.30. The van der Waals surface area contributed by atoms with E-state index in [4.69, 9.17) is 21.3 Å². The molecular weight excluding hydrogens is 332 g/mol. The van der Waals surface area contributed by atoms with Crippen LogP contribution in [-0.2, 0) is 13.0 Å². The zero-order chi connectivity index (χ0) is 16.8. The second-order valence-corrected chi connectivity index (χ2v) is 6.91. The Morgan fingerprint density at radius 2 is 2.00 bits per heavy atom. The lowest BCUT2D eigenvalue weighted by Gasteiger charge is -2.18. The zero-order valence-electron chi connectivity index (χ0n) is 13.7. The van der Waals surface area contributed by atoms with Gasteiger partial charge in [-0.3, -0.25) is 4.99 Å². The summed E-state index contributed by atoms with van der Waals surface area (Å²) in [5.74, 6) is 1.01. The fourth-order valence-electron chi connectivity index (χ4n) is 3.67. The van der Waals surface area contributed by atoms with E-state index in [0.717, 1.165) is 52.9 Å². The van der Waals surface area contributed by atoms with Gasteiger partial charge in [0.15, 0.2) is 0 Å². The maximum Gasteiger partial charge on any atom is 0.122 e. The molecule has 25 heavy (non-hydrogen) atoms. The number of hydrogen-bond acceptors (Lipinski definition) is 2. The highest BCUT2D eigenvalue weighted by atomic mass is 35.5. The third-order valence-electron chi connectivity index (χ3n) is 4.89. The molecular formula is C21H17ClN2O. The molecule has 0 saturated heterocycles. The number of benzene rings is 2. The lowest BCUT2D eigenvalue weighted by atomic mass is 9.99. The summed E-state index contributed by atoms with van der Waals surface area (Å²) in [6.07, 6.45) is 4.21. The molecule has 2 aliphatic heterocycles. The van der Waals surface area contributed by atoms with Gasteiger partial charge in [-0.05, 0) is 66.4 Å². The summed E-state index contributed by atoms with van der Waals surface area (Å²) in [4.78, 5) is 4.94. The Morgan fingerprint density at radius 1 is 1.04 bits per heavy atom. The van der Waals surface area contributed by atoms with E-state index in [9.17, 15) is 0 Å². The van der Waals surface area contributed by atoms with Crippen LogP contribution >= 0.6 is 11.6 Å². The number of aryl methyl sites for hydroxylation is 1. The van der Waals surface area contributed by atoms with Gasteiger partial charge in [0, 0.05) is 16.8 Å². The number of fused-ring (bicyclic) bond motifs is 4. The van der Waals surface area contributed by atoms with Crippen molar-refractivity contribution in [2.24, 2.45) is 4.99 Å². The van der Waals surface area contributed by atoms with Crippen LogP contribution in [-0.4, -0.2) is 16.9 Å². The van der Waals surface area contributed by atoms with Crippen LogP contribution in [0.25, 0.3) is 5.69 Å². The largest absolute Gasteiger partial charge is 0.493 e. The fraction of sp³-hybridized carbons (Fsp3) is 0.190. The molecule has 4 heteroatoms. The van der Waals surface area contributed by atoms with Crippen LogP contribution in [0.3, 0.4) is 0 Å². The van der Waals surface area contributed by atoms with E-state index in [0.29, 0.717) is 6.54 Å². The second kappa shape index (κ2) is 5.78. The molecule has 0 amide bonds. The summed E-state index contributed by atoms with van der Waals surface area (Å²) in [6.45, 7) is 1.46. The van der Waals surface area contributed by atoms with E-state index in [1.807, 2.05) is 12.1 Å². The lowest BCUT2D eigenvalue weighted by Crippen LogP contribution is -2.12. The van der Waals surface area contributed by atoms with Crippen molar-refractivity contribution in [2.75, 3.05) is 6.61 Å². The van der Waals surface area contributed by atoms with Crippen LogP contribution in [0.2, 0.25) is 5.02 Å². The van der Waals surface area contributed by atoms with Gasteiger partial charge in [-0.15, -0.1) is 0 Å². The minimum Gasteiger partial charge on any atom is -0.493 e. The quantitative estimate of drug-likeness (QED) is 0.620. The standard InChI is InChI=1S/C21H17ClN2O/c22-17-7-5-16-13-23-21(18-4-1-9-24(18)19(16)12-17)15-6-8-20-14(11-15)3-2-10-25-20/h1,4-9,11-12H,2-3,10,13H2. The van der Waals surface area contributed by atoms with Crippen molar-refractivity contribution in [3.8, 4) is 11.4 Å². The number of rotatable bonds is 1. The van der Waals surface area contributed by atoms with Gasteiger partial charge < -0.3 is 9.30 Å². The van der Waals surface area contributed by atoms with Crippen molar-refractivity contribution in [2.45, 2.75) is 19.4 Å². The lowest BCUT2D eigenvalue weighted by molar-refractivity contribution is 0.288. The van der Waals surface area contributed by atoms with Crippen LogP contribution in [0.1, 0.15) is 28.8 Å². The van der Waals surface area contributed by atoms with Crippen molar-refractivity contribution >= 4 is 17.3 Å². The van der Waals surface area contributed by atoms with Crippen LogP contribution in [0.15, 0.2) is 59.7 Å². The van der Waals surface area contributed by atoms with Crippen LogP contribution < -0.4 is 4.74 Å². The Kier molecular flexibility index (Phi) is 3.42. The summed E-state index contributed by atoms with van der Waals surface area (Å²) in [5.41, 5.74) is 6.81. The van der Waals surface area contributed by atoms with Gasteiger partial charge >= 0.3 is 0 Å². The summed E-state index contributed by atoms with van der Waals surface area (Å²) in [5, 5.41) is 0.743. The molecule has 2 aromatic carbocycles. The second-order valence-electron chi connectivity index (χ2n) is 6.48. The van der Waals surface area contributed by atoms with Crippen LogP contribution in [0.5, 0.6) is 5.75 Å². The molecule has 0 unspecified atom stereocenters. The normalized spacial score (nSPS) is 15.3. The zero-order valence-corrected chi connectivity index (χ0v) is 14.5. The molecule has 0 atom stereocenters. The van der Waals surface area contributed by atoms with Crippen molar-refractivity contribution in [1.29, 1.82) is 0 Å². The van der Waals surface area contributed by atoms with E-state index in [1.165, 1.54) is 11.1 Å². The van der Waals surface area contributed by atoms with Gasteiger partial charge in [0.25, 0.3) is 0 Å². The first-order chi connectivity index (χ1) is 12.3. The van der Waals surface area contributed by atoms with Gasteiger partial charge in [0.05, 0.1) is 30.2 Å². The smallest absolute Gasteiger partial charge is 0.122 e. The van der Waals surface area contributed by atoms with Gasteiger partial charge in [0.1, 0.15) is 5.75 Å². The van der Waals surface area contributed by atoms with Gasteiger partial charge in [-0.25, -0.2) is 0 Å². The first-order valence-corrected chi connectivity index (χ1v) is 8.94. The highest BCUT2D eigenvalue weighted by Gasteiger charge is 2.20. The average molecular weight is 349 g/mol. The van der Waals surface area contributed by atoms with E-state index in [1.54, 1.807) is 0 Å². The van der Waals surface area contributed by atoms with E-state index in [-0.39, 0.29) is 0 Å². The molecule has 2 aliphatic rings. The average Bonchev–Trinajstić information content (AvgIpc) is 3.07. The highest BCUT2D eigenvalue weighted by Crippen LogP contribution is 2.30. The minimum atomic E-state index is 0.650. The Hall–Kier alpha value is -2.52. The molecule has 0 bridgehead atoms. The Morgan fingerprint density at radius 3 is 2.96 bits per heavy atom. The van der Waals surface area contributed by atoms with Crippen molar-refractivity contribution in [3.05, 3.63) is 82.1 Å². The predicted octanol–water partition coefficient (Wildman–Crippen LogP) is 4.81. The van der Waals surface area contributed by atoms with Crippen molar-refractivity contribution < 1.29 is 4.74 Å². The SMILES string of the molecule is Clc1ccc2c(c1)-n1cccc1C(c1ccc3c(c1)CCCO3)=NC2. The van der Waals surface area contributed by atoms with Gasteiger partial charge in [0.2, 0.25) is 0 Å². The van der Waals surface area contributed by atoms with Gasteiger partial charge in [-0.1, -0.05) is 17.7 Å². The molecule has 0 saturated carbocycles. The maximum atomic E-state index is 6.23. The third-order valence-corrected chi connectivity index (χ3v) is 5.12. The van der Waals surface area contributed by atoms with Crippen LogP contribution in [0, 0.1) is 0 Å². The maximum absolute atomic E-state index is 6.23. The molecule has 0 fully saturated rings. The first kappa shape index (κ1) is 14.8. The molecule has 0 aliphatic carbocycles. The molecule has 3 nitrogen and oxygen atoms in total. The summed E-state index contributed by atoms with van der Waals surface area (Å²) in [7, 11) is 0. The van der Waals surface area contributed by atoms with Crippen molar-refractivity contribution in [3.63, 3.8) is 0 Å². The van der Waals surface area contributed by atoms with E-state index < -0.39 is 0 Å². The molecule has 0 N–H and O–H groups in total. The molecule has 5 rings (SSSR count). The predicted molar refractivity (Wildman–Crippen MR) is 100 cm³/mol. The topological polar surface area (TPSA) is 26.5 Å². The number of ether oxygens (including phenoxy) is 1. The monoisotopic (exact) mass is 348 g/mol. The van der Waals surface area contributed by atoms with E-state index >= 15 is 0 Å². The molecule has 1 aromatic heterocycles. The first-order valence-electron chi connectivity index (χ1n) is 8.57. The molecule has 3 aromatic rings. The van der Waals surface area contributed by atoms with E-state index in [2.05, 4.69) is 47.2 Å². The fourth-order valence-corrected chi connectivity index (χ4v) is 3.84. The number of aromatic nitrogens is 1. The molecule has 0 radical (unpaired) electrons. The molecule has 124 valence electrons. The van der Waals surface area contributed by atoms with Crippen molar-refractivity contribution in [1.82, 2.24) is 4.57 Å². The number of hydrogen-bond donors (Lipinski definition) is 0. The number of halogens is 1. The molecule has 3 heterocycles. The molecule has 0 spiro atoms. The number of nitrogens with zero attached hydrogens (tertiary/aromatic N) is 2. The van der Waals surface area contributed by atoms with Crippen LogP contribution in [0.4, 0.5) is 0 Å². The minimum absolute atomic E-state index is 0.650. The summed E-state index contributed by atoms with van der Waals surface area (Å²) in [6, 6.07) is 16.6. The third kappa shape index (κ3) is 2.47. The Balaban J connectivity index is 1.66. The number of aliphatic imine (C=N–C) groups is 1. The Labute approximate surface area is 151 Å². The van der Waals surface area contributed by atoms with Gasteiger partial charge in [-0.2, -0.15) is 0 Å². The summed E-state index contributed by atoms with van der Waals surface area (Å²) >= 11 is 6.23. The Bertz CT molecular complexity index is 1000. The summed E-state index contributed by atoms with van der Waals surface area (Å²) < 4.78 is 7.93.